The van der Waals surface area contributed by atoms with Gasteiger partial charge in [-0.2, -0.15) is 0 Å². The van der Waals surface area contributed by atoms with Crippen molar-refractivity contribution in [1.29, 1.82) is 0 Å². The first-order chi connectivity index (χ1) is 8.15. The average Bonchev–Trinajstić information content (AvgIpc) is 2.73. The molecule has 0 bridgehead atoms. The second-order valence-corrected chi connectivity index (χ2v) is 7.77. The van der Waals surface area contributed by atoms with Gasteiger partial charge in [-0.05, 0) is 32.6 Å². The highest BCUT2D eigenvalue weighted by atomic mass is 32.2. The Hall–Kier alpha value is 0.220. The van der Waals surface area contributed by atoms with Crippen LogP contribution in [0, 0.1) is 0 Å². The summed E-state index contributed by atoms with van der Waals surface area (Å²) in [7, 11) is 0. The minimum absolute atomic E-state index is 0.574. The maximum absolute atomic E-state index is 4.19. The van der Waals surface area contributed by atoms with E-state index in [0.717, 1.165) is 15.2 Å². The van der Waals surface area contributed by atoms with Gasteiger partial charge in [-0.1, -0.05) is 48.7 Å². The number of aromatic nitrogens is 2. The zero-order valence-corrected chi connectivity index (χ0v) is 13.3. The minimum atomic E-state index is 0.574. The molecule has 0 saturated heterocycles. The van der Waals surface area contributed by atoms with Crippen molar-refractivity contribution in [1.82, 2.24) is 15.5 Å². The van der Waals surface area contributed by atoms with Gasteiger partial charge in [0.2, 0.25) is 0 Å². The number of rotatable bonds is 8. The third-order valence-corrected chi connectivity index (χ3v) is 5.40. The molecule has 17 heavy (non-hydrogen) atoms. The summed E-state index contributed by atoms with van der Waals surface area (Å²) in [5.74, 6) is 0. The Balaban J connectivity index is 2.30. The highest BCUT2D eigenvalue weighted by Gasteiger charge is 2.12. The molecular weight excluding hydrogens is 270 g/mol. The topological polar surface area (TPSA) is 37.8 Å². The Morgan fingerprint density at radius 3 is 2.59 bits per heavy atom. The fourth-order valence-corrected chi connectivity index (χ4v) is 4.42. The first-order valence-electron chi connectivity index (χ1n) is 5.93. The highest BCUT2D eigenvalue weighted by molar-refractivity contribution is 8.03. The Kier molecular flexibility index (Phi) is 7.50. The van der Waals surface area contributed by atoms with Crippen molar-refractivity contribution < 1.29 is 0 Å². The minimum Gasteiger partial charge on any atom is -0.314 e. The summed E-state index contributed by atoms with van der Waals surface area (Å²) in [6.07, 6.45) is 4.40. The van der Waals surface area contributed by atoms with Crippen LogP contribution in [0.5, 0.6) is 0 Å². The fourth-order valence-electron chi connectivity index (χ4n) is 1.52. The molecular formula is C11H21N3S3. The molecule has 0 aliphatic carbocycles. The summed E-state index contributed by atoms with van der Waals surface area (Å²) in [6.45, 7) is 7.81. The lowest BCUT2D eigenvalue weighted by molar-refractivity contribution is 0.513. The molecule has 3 nitrogen and oxygen atoms in total. The summed E-state index contributed by atoms with van der Waals surface area (Å²) in [4.78, 5) is 0. The van der Waals surface area contributed by atoms with Gasteiger partial charge in [0.1, 0.15) is 0 Å². The van der Waals surface area contributed by atoms with Gasteiger partial charge in [0.15, 0.2) is 8.68 Å². The maximum atomic E-state index is 4.19. The second-order valence-electron chi connectivity index (χ2n) is 4.06. The number of hydrogen-bond donors (Lipinski definition) is 1. The second kappa shape index (κ2) is 8.34. The molecule has 6 heteroatoms. The quantitative estimate of drug-likeness (QED) is 0.742. The van der Waals surface area contributed by atoms with Crippen LogP contribution in [0.25, 0.3) is 0 Å². The van der Waals surface area contributed by atoms with E-state index in [1.807, 2.05) is 18.0 Å². The van der Waals surface area contributed by atoms with E-state index < -0.39 is 0 Å². The molecule has 2 atom stereocenters. The van der Waals surface area contributed by atoms with E-state index in [-0.39, 0.29) is 0 Å². The average molecular weight is 292 g/mol. The number of nitrogens with zero attached hydrogens (tertiary/aromatic N) is 2. The molecule has 98 valence electrons. The van der Waals surface area contributed by atoms with Gasteiger partial charge < -0.3 is 5.32 Å². The molecule has 0 radical (unpaired) electrons. The van der Waals surface area contributed by atoms with Crippen LogP contribution in [0.15, 0.2) is 8.68 Å². The lowest BCUT2D eigenvalue weighted by atomic mass is 10.2. The first kappa shape index (κ1) is 15.3. The van der Waals surface area contributed by atoms with Gasteiger partial charge in [-0.25, -0.2) is 0 Å². The van der Waals surface area contributed by atoms with Gasteiger partial charge in [0.25, 0.3) is 0 Å². The lowest BCUT2D eigenvalue weighted by Crippen LogP contribution is -2.29. The third-order valence-electron chi connectivity index (χ3n) is 2.29. The number of hydrogen-bond acceptors (Lipinski definition) is 6. The Labute approximate surface area is 117 Å². The molecule has 2 unspecified atom stereocenters. The Morgan fingerprint density at radius 2 is 2.00 bits per heavy atom. The van der Waals surface area contributed by atoms with Crippen LogP contribution >= 0.6 is 34.9 Å². The SMILES string of the molecule is CCCNC(C)CC(C)Sc1nnc(SC)s1. The molecule has 0 aromatic carbocycles. The van der Waals surface area contributed by atoms with Crippen LogP contribution in [-0.4, -0.2) is 34.3 Å². The molecule has 1 rings (SSSR count). The molecule has 1 heterocycles. The van der Waals surface area contributed by atoms with E-state index in [1.165, 1.54) is 12.8 Å². The van der Waals surface area contributed by atoms with Gasteiger partial charge in [0, 0.05) is 11.3 Å². The van der Waals surface area contributed by atoms with Crippen molar-refractivity contribution in [2.45, 2.75) is 53.6 Å². The smallest absolute Gasteiger partial charge is 0.175 e. The Bertz CT molecular complexity index is 317. The predicted molar refractivity (Wildman–Crippen MR) is 79.4 cm³/mol. The number of thioether (sulfide) groups is 2. The van der Waals surface area contributed by atoms with Crippen LogP contribution in [0.3, 0.4) is 0 Å². The number of nitrogens with one attached hydrogen (secondary N) is 1. The zero-order valence-electron chi connectivity index (χ0n) is 10.9. The van der Waals surface area contributed by atoms with Crippen molar-refractivity contribution in [3.63, 3.8) is 0 Å². The van der Waals surface area contributed by atoms with E-state index in [0.29, 0.717) is 11.3 Å². The van der Waals surface area contributed by atoms with Crippen molar-refractivity contribution in [3.05, 3.63) is 0 Å². The molecule has 0 saturated carbocycles. The van der Waals surface area contributed by atoms with Crippen LogP contribution < -0.4 is 5.32 Å². The van der Waals surface area contributed by atoms with Crippen molar-refractivity contribution in [2.24, 2.45) is 0 Å². The largest absolute Gasteiger partial charge is 0.314 e. The normalized spacial score (nSPS) is 14.8. The zero-order chi connectivity index (χ0) is 12.7. The van der Waals surface area contributed by atoms with E-state index in [1.54, 1.807) is 23.1 Å². The van der Waals surface area contributed by atoms with Gasteiger partial charge >= 0.3 is 0 Å². The summed E-state index contributed by atoms with van der Waals surface area (Å²) >= 11 is 5.18. The third kappa shape index (κ3) is 6.08. The van der Waals surface area contributed by atoms with E-state index in [9.17, 15) is 0 Å². The van der Waals surface area contributed by atoms with Crippen LogP contribution in [0.1, 0.15) is 33.6 Å². The molecule has 1 N–H and O–H groups in total. The molecule has 1 aromatic heterocycles. The van der Waals surface area contributed by atoms with E-state index in [2.05, 4.69) is 36.3 Å². The van der Waals surface area contributed by atoms with Crippen LogP contribution in [0.2, 0.25) is 0 Å². The van der Waals surface area contributed by atoms with Crippen molar-refractivity contribution >= 4 is 34.9 Å². The lowest BCUT2D eigenvalue weighted by Gasteiger charge is -2.16. The van der Waals surface area contributed by atoms with E-state index in [4.69, 9.17) is 0 Å². The monoisotopic (exact) mass is 291 g/mol. The van der Waals surface area contributed by atoms with Crippen LogP contribution in [0.4, 0.5) is 0 Å². The summed E-state index contributed by atoms with van der Waals surface area (Å²) in [5, 5.41) is 12.4. The summed E-state index contributed by atoms with van der Waals surface area (Å²) < 4.78 is 2.14. The summed E-state index contributed by atoms with van der Waals surface area (Å²) in [6, 6.07) is 0.574. The van der Waals surface area contributed by atoms with Crippen molar-refractivity contribution in [3.8, 4) is 0 Å². The first-order valence-corrected chi connectivity index (χ1v) is 8.85. The summed E-state index contributed by atoms with van der Waals surface area (Å²) in [5.41, 5.74) is 0. The predicted octanol–water partition coefficient (Wildman–Crippen LogP) is 3.52. The molecule has 0 aliphatic heterocycles. The molecule has 0 spiro atoms. The van der Waals surface area contributed by atoms with Gasteiger partial charge in [0.05, 0.1) is 0 Å². The van der Waals surface area contributed by atoms with Gasteiger partial charge in [-0.3, -0.25) is 0 Å². The van der Waals surface area contributed by atoms with Crippen LogP contribution in [-0.2, 0) is 0 Å². The molecule has 0 fully saturated rings. The fraction of sp³-hybridized carbons (Fsp3) is 0.818. The maximum Gasteiger partial charge on any atom is 0.175 e. The van der Waals surface area contributed by atoms with Gasteiger partial charge in [-0.15, -0.1) is 10.2 Å². The highest BCUT2D eigenvalue weighted by Crippen LogP contribution is 2.31. The van der Waals surface area contributed by atoms with Crippen molar-refractivity contribution in [2.75, 3.05) is 12.8 Å². The van der Waals surface area contributed by atoms with E-state index >= 15 is 0 Å². The molecule has 0 amide bonds. The molecule has 0 aliphatic rings. The molecule has 1 aromatic rings. The Morgan fingerprint density at radius 1 is 1.29 bits per heavy atom. The standard InChI is InChI=1S/C11H21N3S3/c1-5-6-12-8(2)7-9(3)16-11-14-13-10(15-4)17-11/h8-9,12H,5-7H2,1-4H3.